The molecule has 1 aliphatic heterocycles. The van der Waals surface area contributed by atoms with Crippen molar-refractivity contribution in [2.24, 2.45) is 15.7 Å². The number of halogens is 4. The van der Waals surface area contributed by atoms with E-state index in [9.17, 15) is 17.6 Å². The third-order valence-electron chi connectivity index (χ3n) is 3.64. The third kappa shape index (κ3) is 2.82. The number of hydrogen-bond acceptors (Lipinski definition) is 5. The van der Waals surface area contributed by atoms with Crippen molar-refractivity contribution >= 4 is 39.5 Å². The average molecular weight is 357 g/mol. The zero-order chi connectivity index (χ0) is 17.6. The summed E-state index contributed by atoms with van der Waals surface area (Å²) in [5.41, 5.74) is 5.15. The molecule has 3 rings (SSSR count). The van der Waals surface area contributed by atoms with Gasteiger partial charge in [0.2, 0.25) is 0 Å². The van der Waals surface area contributed by atoms with E-state index in [1.54, 1.807) is 6.92 Å². The lowest BCUT2D eigenvalue weighted by molar-refractivity contribution is -0.0566. The van der Waals surface area contributed by atoms with Crippen LogP contribution in [-0.2, 0) is 0 Å². The minimum Gasteiger partial charge on any atom is -0.357 e. The fourth-order valence-corrected chi connectivity index (χ4v) is 2.54. The summed E-state index contributed by atoms with van der Waals surface area (Å²) in [4.78, 5) is 13.7. The maximum absolute atomic E-state index is 13.7. The summed E-state index contributed by atoms with van der Waals surface area (Å²) in [7, 11) is 0. The summed E-state index contributed by atoms with van der Waals surface area (Å²) in [6, 6.07) is 1.44. The SMILES string of the molecule is CC(C1=NC(N)C(=S)C(C(F)(F)F)=N1)c1cc2c(F)c[nH]c2cn1. The summed E-state index contributed by atoms with van der Waals surface area (Å²) in [6.07, 6.45) is -3.46. The number of alkyl halides is 3. The summed E-state index contributed by atoms with van der Waals surface area (Å²) in [5, 5.41) is 0.281. The molecule has 3 N–H and O–H groups in total. The second kappa shape index (κ2) is 5.71. The van der Waals surface area contributed by atoms with E-state index in [2.05, 4.69) is 32.2 Å². The molecule has 24 heavy (non-hydrogen) atoms. The van der Waals surface area contributed by atoms with Crippen molar-refractivity contribution in [3.8, 4) is 0 Å². The Morgan fingerprint density at radius 1 is 1.38 bits per heavy atom. The molecule has 5 nitrogen and oxygen atoms in total. The third-order valence-corrected chi connectivity index (χ3v) is 4.07. The molecule has 0 aromatic carbocycles. The zero-order valence-corrected chi connectivity index (χ0v) is 13.0. The van der Waals surface area contributed by atoms with Gasteiger partial charge in [0.1, 0.15) is 17.8 Å². The normalized spacial score (nSPS) is 20.1. The Kier molecular flexibility index (Phi) is 3.96. The average Bonchev–Trinajstić information content (AvgIpc) is 2.89. The van der Waals surface area contributed by atoms with Crippen molar-refractivity contribution in [2.45, 2.75) is 25.2 Å². The number of aliphatic imine (C=N–C) groups is 2. The number of nitrogens with zero attached hydrogens (tertiary/aromatic N) is 3. The highest BCUT2D eigenvalue weighted by molar-refractivity contribution is 7.82. The molecule has 0 amide bonds. The maximum Gasteiger partial charge on any atom is 0.434 e. The van der Waals surface area contributed by atoms with Crippen LogP contribution in [0.15, 0.2) is 28.4 Å². The molecule has 0 saturated heterocycles. The second-order valence-electron chi connectivity index (χ2n) is 5.27. The fourth-order valence-electron chi connectivity index (χ4n) is 2.32. The maximum atomic E-state index is 13.7. The molecule has 0 spiro atoms. The van der Waals surface area contributed by atoms with Gasteiger partial charge < -0.3 is 10.7 Å². The number of nitrogens with two attached hydrogens (primary N) is 1. The van der Waals surface area contributed by atoms with Gasteiger partial charge in [-0.15, -0.1) is 0 Å². The van der Waals surface area contributed by atoms with E-state index in [-0.39, 0.29) is 11.2 Å². The fraction of sp³-hybridized carbons (Fsp3) is 0.286. The first-order valence-electron chi connectivity index (χ1n) is 6.84. The van der Waals surface area contributed by atoms with Gasteiger partial charge in [0.25, 0.3) is 0 Å². The van der Waals surface area contributed by atoms with Gasteiger partial charge in [-0.2, -0.15) is 13.2 Å². The van der Waals surface area contributed by atoms with Crippen molar-refractivity contribution in [3.63, 3.8) is 0 Å². The number of fused-ring (bicyclic) bond motifs is 1. The van der Waals surface area contributed by atoms with Crippen LogP contribution in [0.4, 0.5) is 17.6 Å². The molecule has 0 fully saturated rings. The first-order chi connectivity index (χ1) is 11.2. The van der Waals surface area contributed by atoms with Crippen LogP contribution in [0.25, 0.3) is 10.9 Å². The number of aromatic amines is 1. The molecule has 2 aromatic heterocycles. The van der Waals surface area contributed by atoms with Gasteiger partial charge in [0.15, 0.2) is 5.71 Å². The number of amidine groups is 1. The smallest absolute Gasteiger partial charge is 0.357 e. The summed E-state index contributed by atoms with van der Waals surface area (Å²) in [5.74, 6) is -1.34. The Labute approximate surface area is 138 Å². The zero-order valence-electron chi connectivity index (χ0n) is 12.2. The number of rotatable bonds is 2. The van der Waals surface area contributed by atoms with E-state index >= 15 is 0 Å². The highest BCUT2D eigenvalue weighted by Crippen LogP contribution is 2.27. The van der Waals surface area contributed by atoms with Crippen LogP contribution >= 0.6 is 12.2 Å². The van der Waals surface area contributed by atoms with Crippen LogP contribution < -0.4 is 5.73 Å². The number of H-pyrrole nitrogens is 1. The topological polar surface area (TPSA) is 79.4 Å². The molecular weight excluding hydrogens is 346 g/mol. The molecule has 0 bridgehead atoms. The Balaban J connectivity index is 2.02. The van der Waals surface area contributed by atoms with E-state index in [1.165, 1.54) is 18.5 Å². The van der Waals surface area contributed by atoms with Crippen LogP contribution in [0, 0.1) is 5.82 Å². The molecule has 10 heteroatoms. The van der Waals surface area contributed by atoms with Crippen LogP contribution in [-0.4, -0.2) is 38.7 Å². The molecule has 2 aromatic rings. The van der Waals surface area contributed by atoms with Gasteiger partial charge >= 0.3 is 6.18 Å². The van der Waals surface area contributed by atoms with Gasteiger partial charge in [-0.25, -0.2) is 14.4 Å². The Morgan fingerprint density at radius 2 is 2.08 bits per heavy atom. The first-order valence-corrected chi connectivity index (χ1v) is 7.25. The molecule has 0 saturated carbocycles. The second-order valence-corrected chi connectivity index (χ2v) is 5.71. The Hall–Kier alpha value is -2.20. The molecule has 1 aliphatic rings. The number of hydrogen-bond donors (Lipinski definition) is 2. The van der Waals surface area contributed by atoms with E-state index in [0.717, 1.165) is 0 Å². The Morgan fingerprint density at radius 3 is 2.75 bits per heavy atom. The predicted molar refractivity (Wildman–Crippen MR) is 86.0 cm³/mol. The van der Waals surface area contributed by atoms with Gasteiger partial charge in [0, 0.05) is 11.6 Å². The number of nitrogens with one attached hydrogen (secondary N) is 1. The van der Waals surface area contributed by atoms with E-state index in [1.807, 2.05) is 0 Å². The van der Waals surface area contributed by atoms with Crippen molar-refractivity contribution in [2.75, 3.05) is 0 Å². The highest BCUT2D eigenvalue weighted by Gasteiger charge is 2.42. The lowest BCUT2D eigenvalue weighted by atomic mass is 10.0. The van der Waals surface area contributed by atoms with Crippen LogP contribution in [0.5, 0.6) is 0 Å². The predicted octanol–water partition coefficient (Wildman–Crippen LogP) is 2.88. The molecule has 0 aliphatic carbocycles. The molecular formula is C14H11F4N5S. The molecule has 3 heterocycles. The van der Waals surface area contributed by atoms with E-state index in [4.69, 9.17) is 5.73 Å². The number of pyridine rings is 1. The quantitative estimate of drug-likeness (QED) is 0.641. The minimum absolute atomic E-state index is 0.147. The minimum atomic E-state index is -4.72. The molecule has 2 unspecified atom stereocenters. The molecule has 126 valence electrons. The summed E-state index contributed by atoms with van der Waals surface area (Å²) < 4.78 is 52.7. The number of thiocarbonyl (C=S) groups is 1. The molecule has 0 radical (unpaired) electrons. The van der Waals surface area contributed by atoms with Crippen LogP contribution in [0.1, 0.15) is 18.5 Å². The summed E-state index contributed by atoms with van der Waals surface area (Å²) in [6.45, 7) is 1.57. The largest absolute Gasteiger partial charge is 0.434 e. The lowest BCUT2D eigenvalue weighted by Gasteiger charge is -2.22. The van der Waals surface area contributed by atoms with Crippen molar-refractivity contribution in [3.05, 3.63) is 30.0 Å². The van der Waals surface area contributed by atoms with Gasteiger partial charge in [-0.3, -0.25) is 4.98 Å². The van der Waals surface area contributed by atoms with Crippen molar-refractivity contribution < 1.29 is 17.6 Å². The van der Waals surface area contributed by atoms with Crippen molar-refractivity contribution in [1.29, 1.82) is 0 Å². The van der Waals surface area contributed by atoms with Crippen LogP contribution in [0.3, 0.4) is 0 Å². The Bertz CT molecular complexity index is 883. The first kappa shape index (κ1) is 16.7. The summed E-state index contributed by atoms with van der Waals surface area (Å²) >= 11 is 4.67. The lowest BCUT2D eigenvalue weighted by Crippen LogP contribution is -2.44. The van der Waals surface area contributed by atoms with Crippen molar-refractivity contribution in [1.82, 2.24) is 9.97 Å². The highest BCUT2D eigenvalue weighted by atomic mass is 32.1. The number of aromatic nitrogens is 2. The standard InChI is InChI=1S/C14H11F4N5S/c1-5(8-2-6-7(15)3-20-9(6)4-21-8)13-22-11(14(16,17)18)10(24)12(19)23-13/h2-5,12,20H,19H2,1H3. The van der Waals surface area contributed by atoms with Gasteiger partial charge in [0.05, 0.1) is 28.2 Å². The van der Waals surface area contributed by atoms with E-state index < -0.39 is 34.7 Å². The van der Waals surface area contributed by atoms with Crippen LogP contribution in [0.2, 0.25) is 0 Å². The molecule has 2 atom stereocenters. The van der Waals surface area contributed by atoms with Gasteiger partial charge in [-0.1, -0.05) is 12.2 Å². The van der Waals surface area contributed by atoms with Gasteiger partial charge in [-0.05, 0) is 13.0 Å². The monoisotopic (exact) mass is 357 g/mol. The van der Waals surface area contributed by atoms with E-state index in [0.29, 0.717) is 11.2 Å².